The van der Waals surface area contributed by atoms with Crippen LogP contribution in [0.15, 0.2) is 152 Å². The van der Waals surface area contributed by atoms with Crippen LogP contribution in [0.5, 0.6) is 0 Å². The number of aromatic nitrogens is 4. The lowest BCUT2D eigenvalue weighted by atomic mass is 9.98. The topological polar surface area (TPSA) is 35.6 Å². The van der Waals surface area contributed by atoms with Gasteiger partial charge in [-0.25, -0.2) is 9.97 Å². The molecule has 0 atom stereocenters. The molecule has 11 rings (SSSR count). The molecule has 5 heterocycles. The lowest BCUT2D eigenvalue weighted by Crippen LogP contribution is -2.00. The summed E-state index contributed by atoms with van der Waals surface area (Å²) < 4.78 is 7.47. The quantitative estimate of drug-likeness (QED) is 0.190. The lowest BCUT2D eigenvalue weighted by Gasteiger charge is -2.16. The van der Waals surface area contributed by atoms with E-state index in [9.17, 15) is 0 Å². The molecule has 5 heteroatoms. The molecule has 4 nitrogen and oxygen atoms in total. The number of hydrogen-bond donors (Lipinski definition) is 0. The summed E-state index contributed by atoms with van der Waals surface area (Å²) in [6, 6.07) is 53.1. The molecule has 0 saturated carbocycles. The second-order valence-corrected chi connectivity index (χ2v) is 14.1. The molecule has 0 fully saturated rings. The van der Waals surface area contributed by atoms with Gasteiger partial charge in [0.15, 0.2) is 5.65 Å². The fraction of sp³-hybridized carbons (Fsp3) is 0.0222. The minimum atomic E-state index is 0.758. The first kappa shape index (κ1) is 27.6. The van der Waals surface area contributed by atoms with E-state index in [2.05, 4.69) is 161 Å². The van der Waals surface area contributed by atoms with Crippen molar-refractivity contribution in [2.75, 3.05) is 0 Å². The van der Waals surface area contributed by atoms with Crippen LogP contribution >= 0.6 is 11.3 Å². The number of aryl methyl sites for hydroxylation is 1. The first-order valence-electron chi connectivity index (χ1n) is 16.9. The first-order chi connectivity index (χ1) is 24.7. The van der Waals surface area contributed by atoms with Crippen LogP contribution in [-0.4, -0.2) is 19.1 Å². The molecule has 50 heavy (non-hydrogen) atoms. The Labute approximate surface area is 291 Å². The third-order valence-corrected chi connectivity index (χ3v) is 11.4. The van der Waals surface area contributed by atoms with Crippen LogP contribution in [0.2, 0.25) is 0 Å². The zero-order valence-electron chi connectivity index (χ0n) is 27.1. The molecule has 0 saturated heterocycles. The minimum absolute atomic E-state index is 0.758. The summed E-state index contributed by atoms with van der Waals surface area (Å²) in [4.78, 5) is 9.45. The molecular formula is C45H28N4S. The van der Waals surface area contributed by atoms with Crippen LogP contribution < -0.4 is 0 Å². The zero-order chi connectivity index (χ0) is 32.9. The number of pyridine rings is 2. The molecular weight excluding hydrogens is 629 g/mol. The predicted octanol–water partition coefficient (Wildman–Crippen LogP) is 12.2. The first-order valence-corrected chi connectivity index (χ1v) is 17.7. The highest BCUT2D eigenvalue weighted by atomic mass is 32.1. The van der Waals surface area contributed by atoms with Crippen molar-refractivity contribution < 1.29 is 0 Å². The highest BCUT2D eigenvalue weighted by Crippen LogP contribution is 2.46. The highest BCUT2D eigenvalue weighted by Gasteiger charge is 2.22. The maximum atomic E-state index is 4.79. The van der Waals surface area contributed by atoms with E-state index < -0.39 is 0 Å². The number of thiophene rings is 1. The molecule has 0 amide bonds. The Morgan fingerprint density at radius 2 is 1.06 bits per heavy atom. The number of benzene rings is 6. The van der Waals surface area contributed by atoms with E-state index in [-0.39, 0.29) is 0 Å². The molecule has 5 aromatic heterocycles. The molecule has 0 unspecified atom stereocenters. The normalized spacial score (nSPS) is 12.1. The van der Waals surface area contributed by atoms with Crippen molar-refractivity contribution in [3.05, 3.63) is 157 Å². The van der Waals surface area contributed by atoms with Gasteiger partial charge in [0.1, 0.15) is 0 Å². The van der Waals surface area contributed by atoms with Gasteiger partial charge in [0, 0.05) is 64.6 Å². The fourth-order valence-corrected chi connectivity index (χ4v) is 9.42. The van der Waals surface area contributed by atoms with Gasteiger partial charge in [-0.1, -0.05) is 91.0 Å². The summed E-state index contributed by atoms with van der Waals surface area (Å²) in [5.41, 5.74) is 11.1. The molecule has 0 aliphatic carbocycles. The Morgan fingerprint density at radius 3 is 1.78 bits per heavy atom. The number of hydrogen-bond acceptors (Lipinski definition) is 3. The van der Waals surface area contributed by atoms with Crippen molar-refractivity contribution in [3.63, 3.8) is 0 Å². The summed E-state index contributed by atoms with van der Waals surface area (Å²) in [5, 5.41) is 8.57. The van der Waals surface area contributed by atoms with Gasteiger partial charge in [0.2, 0.25) is 0 Å². The summed E-state index contributed by atoms with van der Waals surface area (Å²) >= 11 is 1.88. The third kappa shape index (κ3) is 3.81. The lowest BCUT2D eigenvalue weighted by molar-refractivity contribution is 1.14. The molecule has 0 N–H and O–H groups in total. The smallest absolute Gasteiger partial charge is 0.161 e. The van der Waals surface area contributed by atoms with Crippen molar-refractivity contribution in [1.29, 1.82) is 0 Å². The van der Waals surface area contributed by atoms with Crippen molar-refractivity contribution >= 4 is 86.2 Å². The largest absolute Gasteiger partial charge is 0.309 e. The van der Waals surface area contributed by atoms with Crippen LogP contribution in [0.1, 0.15) is 5.69 Å². The molecule has 0 spiro atoms. The Morgan fingerprint density at radius 1 is 0.480 bits per heavy atom. The number of para-hydroxylation sites is 3. The van der Waals surface area contributed by atoms with Gasteiger partial charge < -0.3 is 9.13 Å². The van der Waals surface area contributed by atoms with Crippen LogP contribution in [-0.2, 0) is 0 Å². The zero-order valence-corrected chi connectivity index (χ0v) is 27.9. The Hall–Kier alpha value is -6.30. The van der Waals surface area contributed by atoms with E-state index in [1.165, 1.54) is 69.6 Å². The van der Waals surface area contributed by atoms with E-state index in [1.54, 1.807) is 0 Å². The molecule has 6 aromatic carbocycles. The van der Waals surface area contributed by atoms with Crippen molar-refractivity contribution in [1.82, 2.24) is 19.1 Å². The molecule has 0 aliphatic heterocycles. The summed E-state index contributed by atoms with van der Waals surface area (Å²) in [6.07, 6.45) is 1.82. The summed E-state index contributed by atoms with van der Waals surface area (Å²) in [6.45, 7) is 2.05. The van der Waals surface area contributed by atoms with Crippen molar-refractivity contribution in [3.8, 4) is 22.5 Å². The van der Waals surface area contributed by atoms with Crippen LogP contribution in [0.25, 0.3) is 97.3 Å². The average Bonchev–Trinajstić information content (AvgIpc) is 3.81. The van der Waals surface area contributed by atoms with E-state index in [0.717, 1.165) is 33.4 Å². The van der Waals surface area contributed by atoms with Gasteiger partial charge in [-0.15, -0.1) is 11.3 Å². The molecule has 234 valence electrons. The molecule has 11 aromatic rings. The molecule has 0 aliphatic rings. The van der Waals surface area contributed by atoms with E-state index in [1.807, 2.05) is 23.6 Å². The van der Waals surface area contributed by atoms with Gasteiger partial charge in [0.05, 0.1) is 33.4 Å². The summed E-state index contributed by atoms with van der Waals surface area (Å²) in [5.74, 6) is 0. The monoisotopic (exact) mass is 656 g/mol. The van der Waals surface area contributed by atoms with Gasteiger partial charge in [-0.3, -0.25) is 0 Å². The number of fused-ring (bicyclic) bond motifs is 10. The summed E-state index contributed by atoms with van der Waals surface area (Å²) in [7, 11) is 0. The van der Waals surface area contributed by atoms with E-state index >= 15 is 0 Å². The predicted molar refractivity (Wildman–Crippen MR) is 211 cm³/mol. The second-order valence-electron chi connectivity index (χ2n) is 13.0. The van der Waals surface area contributed by atoms with Crippen molar-refractivity contribution in [2.24, 2.45) is 0 Å². The van der Waals surface area contributed by atoms with E-state index in [4.69, 9.17) is 4.98 Å². The number of rotatable bonds is 3. The Balaban J connectivity index is 1.30. The van der Waals surface area contributed by atoms with Gasteiger partial charge in [-0.05, 0) is 67.1 Å². The fourth-order valence-electron chi connectivity index (χ4n) is 8.16. The number of nitrogens with zero attached hydrogens (tertiary/aromatic N) is 4. The Kier molecular flexibility index (Phi) is 5.72. The Bertz CT molecular complexity index is 3120. The van der Waals surface area contributed by atoms with E-state index in [0.29, 0.717) is 0 Å². The van der Waals surface area contributed by atoms with Crippen molar-refractivity contribution in [2.45, 2.75) is 6.92 Å². The van der Waals surface area contributed by atoms with Crippen LogP contribution in [0.3, 0.4) is 0 Å². The van der Waals surface area contributed by atoms with Crippen LogP contribution in [0, 0.1) is 6.92 Å². The maximum Gasteiger partial charge on any atom is 0.161 e. The van der Waals surface area contributed by atoms with Crippen LogP contribution in [0.4, 0.5) is 0 Å². The SMILES string of the molecule is Cc1cc(-n2c3ccccc3c3ccc(-c4c(-n5c6ccccc6c6ccccc65)ccc5c4sc4ccccc45)cc32)c2cccnc2n1. The molecule has 0 radical (unpaired) electrons. The van der Waals surface area contributed by atoms with Gasteiger partial charge in [0.25, 0.3) is 0 Å². The average molecular weight is 657 g/mol. The third-order valence-electron chi connectivity index (χ3n) is 10.2. The standard InChI is InChI=1S/C45H28N4S/c1-27-25-40(35-15-10-24-46-45(35)47-27)49-38-18-8-4-13-31(38)32-21-20-28(26-41(32)49)43-39(23-22-34-33-14-5-9-19-42(33)50-44(34)43)48-36-16-6-2-11-29(36)30-12-3-7-17-37(30)48/h2-26H,1H3. The molecule has 0 bridgehead atoms. The minimum Gasteiger partial charge on any atom is -0.309 e. The van der Waals surface area contributed by atoms with Gasteiger partial charge >= 0.3 is 0 Å². The highest BCUT2D eigenvalue weighted by molar-refractivity contribution is 7.26. The second kappa shape index (κ2) is 10.3. The maximum absolute atomic E-state index is 4.79. The van der Waals surface area contributed by atoms with Gasteiger partial charge in [-0.2, -0.15) is 0 Å².